The molecule has 0 unspecified atom stereocenters. The molecular formula is C18H29. The summed E-state index contributed by atoms with van der Waals surface area (Å²) in [5, 5.41) is 0. The Balaban J connectivity index is 2.76. The first kappa shape index (κ1) is 15.3. The summed E-state index contributed by atoms with van der Waals surface area (Å²) in [5.41, 5.74) is 3.11. The molecule has 1 radical (unpaired) electrons. The van der Waals surface area contributed by atoms with E-state index in [1.54, 1.807) is 17.0 Å². The second-order valence-corrected chi connectivity index (χ2v) is 5.22. The average molecular weight is 245 g/mol. The van der Waals surface area contributed by atoms with Crippen molar-refractivity contribution < 1.29 is 0 Å². The number of aryl methyl sites for hydroxylation is 1. The lowest BCUT2D eigenvalue weighted by Gasteiger charge is -2.19. The summed E-state index contributed by atoms with van der Waals surface area (Å²) < 4.78 is 0. The molecule has 1 aromatic rings. The first-order valence-corrected chi connectivity index (χ1v) is 7.76. The highest BCUT2D eigenvalue weighted by molar-refractivity contribution is 5.38. The lowest BCUT2D eigenvalue weighted by atomic mass is 9.85. The molecular weight excluding hydrogens is 216 g/mol. The Morgan fingerprint density at radius 2 is 1.61 bits per heavy atom. The monoisotopic (exact) mass is 245 g/mol. The van der Waals surface area contributed by atoms with Crippen LogP contribution in [0, 0.1) is 5.92 Å². The molecule has 0 atom stereocenters. The van der Waals surface area contributed by atoms with Gasteiger partial charge in [0.2, 0.25) is 0 Å². The Labute approximate surface area is 114 Å². The highest BCUT2D eigenvalue weighted by atomic mass is 14.2. The van der Waals surface area contributed by atoms with Gasteiger partial charge in [-0.15, -0.1) is 0 Å². The molecule has 0 nitrogen and oxygen atoms in total. The second-order valence-electron chi connectivity index (χ2n) is 5.22. The molecule has 0 heteroatoms. The Hall–Kier alpha value is -0.780. The van der Waals surface area contributed by atoms with Gasteiger partial charge in [-0.2, -0.15) is 0 Å². The van der Waals surface area contributed by atoms with Gasteiger partial charge in [-0.05, 0) is 30.4 Å². The zero-order chi connectivity index (χ0) is 13.2. The van der Waals surface area contributed by atoms with Crippen molar-refractivity contribution in [3.8, 4) is 0 Å². The first-order chi connectivity index (χ1) is 8.83. The maximum absolute atomic E-state index is 2.34. The molecule has 101 valence electrons. The van der Waals surface area contributed by atoms with Gasteiger partial charge < -0.3 is 0 Å². The lowest BCUT2D eigenvalue weighted by Crippen LogP contribution is -2.04. The van der Waals surface area contributed by atoms with Crippen LogP contribution in [0.25, 0.3) is 0 Å². The van der Waals surface area contributed by atoms with Crippen molar-refractivity contribution in [2.24, 2.45) is 0 Å². The van der Waals surface area contributed by atoms with E-state index in [0.717, 1.165) is 0 Å². The van der Waals surface area contributed by atoms with Crippen molar-refractivity contribution in [2.75, 3.05) is 0 Å². The third-order valence-corrected chi connectivity index (χ3v) is 3.55. The van der Waals surface area contributed by atoms with Crippen LogP contribution < -0.4 is 0 Å². The van der Waals surface area contributed by atoms with E-state index in [0.29, 0.717) is 0 Å². The smallest absolute Gasteiger partial charge is 0.00525 e. The van der Waals surface area contributed by atoms with Crippen molar-refractivity contribution in [3.63, 3.8) is 0 Å². The zero-order valence-electron chi connectivity index (χ0n) is 12.5. The van der Waals surface area contributed by atoms with E-state index < -0.39 is 0 Å². The third kappa shape index (κ3) is 4.84. The Kier molecular flexibility index (Phi) is 7.80. The van der Waals surface area contributed by atoms with Crippen molar-refractivity contribution in [1.82, 2.24) is 0 Å². The largest absolute Gasteiger partial charge is 0.0654 e. The number of hydrogen-bond donors (Lipinski definition) is 0. The molecule has 0 aromatic heterocycles. The van der Waals surface area contributed by atoms with E-state index in [9.17, 15) is 0 Å². The van der Waals surface area contributed by atoms with E-state index in [1.165, 1.54) is 51.4 Å². The topological polar surface area (TPSA) is 0 Å². The minimum atomic E-state index is 1.22. The van der Waals surface area contributed by atoms with Crippen LogP contribution in [0.5, 0.6) is 0 Å². The predicted octanol–water partition coefficient (Wildman–Crippen LogP) is 5.94. The maximum Gasteiger partial charge on any atom is 0.00525 e. The normalized spacial score (nSPS) is 11.1. The van der Waals surface area contributed by atoms with Gasteiger partial charge >= 0.3 is 0 Å². The van der Waals surface area contributed by atoms with Gasteiger partial charge in [0, 0.05) is 5.92 Å². The molecule has 18 heavy (non-hydrogen) atoms. The van der Waals surface area contributed by atoms with Gasteiger partial charge in [-0.3, -0.25) is 0 Å². The molecule has 0 amide bonds. The van der Waals surface area contributed by atoms with Crippen LogP contribution in [0.4, 0.5) is 0 Å². The fourth-order valence-electron chi connectivity index (χ4n) is 2.64. The number of unbranched alkanes of at least 4 members (excludes halogenated alkanes) is 2. The fraction of sp³-hybridized carbons (Fsp3) is 0.611. The maximum atomic E-state index is 2.34. The summed E-state index contributed by atoms with van der Waals surface area (Å²) in [7, 11) is 0. The Morgan fingerprint density at radius 1 is 0.833 bits per heavy atom. The van der Waals surface area contributed by atoms with Crippen molar-refractivity contribution >= 4 is 0 Å². The summed E-state index contributed by atoms with van der Waals surface area (Å²) in [6.45, 7) is 6.85. The highest BCUT2D eigenvalue weighted by Gasteiger charge is 2.14. The van der Waals surface area contributed by atoms with Crippen LogP contribution in [-0.2, 0) is 6.42 Å². The number of benzene rings is 1. The minimum absolute atomic E-state index is 1.22. The van der Waals surface area contributed by atoms with E-state index in [2.05, 4.69) is 45.0 Å². The van der Waals surface area contributed by atoms with Crippen LogP contribution in [0.2, 0.25) is 0 Å². The van der Waals surface area contributed by atoms with E-state index in [1.807, 2.05) is 0 Å². The van der Waals surface area contributed by atoms with Crippen molar-refractivity contribution in [2.45, 2.75) is 72.1 Å². The van der Waals surface area contributed by atoms with Crippen LogP contribution >= 0.6 is 0 Å². The quantitative estimate of drug-likeness (QED) is 0.472. The van der Waals surface area contributed by atoms with Gasteiger partial charge in [0.1, 0.15) is 0 Å². The summed E-state index contributed by atoms with van der Waals surface area (Å²) in [4.78, 5) is 0. The standard InChI is InChI=1S/C18H29/c1-4-7-8-13-16(11-5-2)18-15-10-9-14-17(18)12-6-3/h9-10,14-15H,4-8,11-13H2,1-3H3. The lowest BCUT2D eigenvalue weighted by molar-refractivity contribution is 0.645. The van der Waals surface area contributed by atoms with Gasteiger partial charge in [0.15, 0.2) is 0 Å². The first-order valence-electron chi connectivity index (χ1n) is 7.76. The molecule has 0 N–H and O–H groups in total. The SMILES string of the molecule is CCCCC[C](CCC)c1ccccc1CCC. The summed E-state index contributed by atoms with van der Waals surface area (Å²) in [5.74, 6) is 1.69. The fourth-order valence-corrected chi connectivity index (χ4v) is 2.64. The average Bonchev–Trinajstić information content (AvgIpc) is 2.39. The number of hydrogen-bond acceptors (Lipinski definition) is 0. The van der Waals surface area contributed by atoms with Gasteiger partial charge in [0.25, 0.3) is 0 Å². The highest BCUT2D eigenvalue weighted by Crippen LogP contribution is 2.29. The van der Waals surface area contributed by atoms with E-state index in [4.69, 9.17) is 0 Å². The molecule has 0 spiro atoms. The van der Waals surface area contributed by atoms with Gasteiger partial charge in [-0.25, -0.2) is 0 Å². The molecule has 0 heterocycles. The molecule has 1 aromatic carbocycles. The summed E-state index contributed by atoms with van der Waals surface area (Å²) in [6.07, 6.45) is 10.3. The Bertz CT molecular complexity index is 314. The second kappa shape index (κ2) is 9.19. The predicted molar refractivity (Wildman–Crippen MR) is 81.8 cm³/mol. The van der Waals surface area contributed by atoms with E-state index in [-0.39, 0.29) is 0 Å². The molecule has 0 fully saturated rings. The molecule has 0 aliphatic heterocycles. The van der Waals surface area contributed by atoms with Crippen LogP contribution in [0.1, 0.15) is 76.8 Å². The molecule has 0 bridgehead atoms. The van der Waals surface area contributed by atoms with Crippen molar-refractivity contribution in [3.05, 3.63) is 41.3 Å². The van der Waals surface area contributed by atoms with Crippen LogP contribution in [0.3, 0.4) is 0 Å². The van der Waals surface area contributed by atoms with E-state index >= 15 is 0 Å². The summed E-state index contributed by atoms with van der Waals surface area (Å²) >= 11 is 0. The molecule has 0 aliphatic rings. The molecule has 1 rings (SSSR count). The molecule has 0 saturated carbocycles. The zero-order valence-corrected chi connectivity index (χ0v) is 12.5. The molecule has 0 aliphatic carbocycles. The third-order valence-electron chi connectivity index (χ3n) is 3.55. The minimum Gasteiger partial charge on any atom is -0.0654 e. The van der Waals surface area contributed by atoms with Gasteiger partial charge in [-0.1, -0.05) is 77.1 Å². The molecule has 0 saturated heterocycles. The number of rotatable bonds is 9. The summed E-state index contributed by atoms with van der Waals surface area (Å²) in [6, 6.07) is 9.03. The Morgan fingerprint density at radius 3 is 2.28 bits per heavy atom. The van der Waals surface area contributed by atoms with Crippen LogP contribution in [-0.4, -0.2) is 0 Å². The van der Waals surface area contributed by atoms with Crippen molar-refractivity contribution in [1.29, 1.82) is 0 Å². The van der Waals surface area contributed by atoms with Crippen LogP contribution in [0.15, 0.2) is 24.3 Å². The van der Waals surface area contributed by atoms with Gasteiger partial charge in [0.05, 0.1) is 0 Å².